The van der Waals surface area contributed by atoms with Gasteiger partial charge in [0, 0.05) is 10.5 Å². The molecular formula is C17H13BrF3N3O4. The molecule has 0 bridgehead atoms. The van der Waals surface area contributed by atoms with Gasteiger partial charge in [-0.25, -0.2) is 4.98 Å². The lowest BCUT2D eigenvalue weighted by Gasteiger charge is -2.28. The van der Waals surface area contributed by atoms with E-state index in [1.165, 1.54) is 17.0 Å². The Morgan fingerprint density at radius 2 is 2.11 bits per heavy atom. The molecule has 1 aromatic carbocycles. The lowest BCUT2D eigenvalue weighted by atomic mass is 10.2. The van der Waals surface area contributed by atoms with E-state index in [2.05, 4.69) is 31.0 Å². The molecule has 1 N–H and O–H groups in total. The molecule has 0 aliphatic carbocycles. The first kappa shape index (κ1) is 19.9. The van der Waals surface area contributed by atoms with E-state index in [-0.39, 0.29) is 30.6 Å². The number of pyridine rings is 1. The normalized spacial score (nSPS) is 13.6. The van der Waals surface area contributed by atoms with E-state index in [1.807, 2.05) is 0 Å². The van der Waals surface area contributed by atoms with Gasteiger partial charge in [0.1, 0.15) is 12.3 Å². The molecule has 1 aliphatic heterocycles. The highest BCUT2D eigenvalue weighted by molar-refractivity contribution is 9.10. The lowest BCUT2D eigenvalue weighted by Crippen LogP contribution is -2.43. The number of aromatic nitrogens is 1. The van der Waals surface area contributed by atoms with Crippen LogP contribution in [0, 0.1) is 0 Å². The number of halogens is 4. The summed E-state index contributed by atoms with van der Waals surface area (Å²) in [5.74, 6) is -0.637. The average molecular weight is 460 g/mol. The molecule has 0 atom stereocenters. The molecule has 1 aliphatic rings. The molecule has 148 valence electrons. The summed E-state index contributed by atoms with van der Waals surface area (Å²) in [6, 6.07) is 7.61. The van der Waals surface area contributed by atoms with Crippen molar-refractivity contribution in [1.82, 2.24) is 4.98 Å². The van der Waals surface area contributed by atoms with Gasteiger partial charge in [0.15, 0.2) is 13.2 Å². The van der Waals surface area contributed by atoms with Gasteiger partial charge in [-0.05, 0) is 24.3 Å². The molecule has 11 heteroatoms. The summed E-state index contributed by atoms with van der Waals surface area (Å²) in [6.07, 6.45) is -3.30. The molecule has 1 aromatic heterocycles. The van der Waals surface area contributed by atoms with Gasteiger partial charge in [-0.15, -0.1) is 0 Å². The van der Waals surface area contributed by atoms with Gasteiger partial charge < -0.3 is 14.8 Å². The second-order valence-corrected chi connectivity index (χ2v) is 6.63. The maximum atomic E-state index is 12.3. The van der Waals surface area contributed by atoms with Crippen LogP contribution in [0.2, 0.25) is 0 Å². The summed E-state index contributed by atoms with van der Waals surface area (Å²) in [5, 5.41) is 2.53. The van der Waals surface area contributed by atoms with E-state index in [9.17, 15) is 22.8 Å². The minimum Gasteiger partial charge on any atom is -0.482 e. The Kier molecular flexibility index (Phi) is 5.73. The zero-order valence-corrected chi connectivity index (χ0v) is 15.7. The SMILES string of the molecule is O=C(CN1C(=O)COc2cc(Br)ccc21)Nc1ccc(OCC(F)(F)F)nc1. The van der Waals surface area contributed by atoms with Crippen molar-refractivity contribution in [2.24, 2.45) is 0 Å². The lowest BCUT2D eigenvalue weighted by molar-refractivity contribution is -0.154. The van der Waals surface area contributed by atoms with Crippen molar-refractivity contribution >= 4 is 39.1 Å². The van der Waals surface area contributed by atoms with Crippen LogP contribution < -0.4 is 19.7 Å². The smallest absolute Gasteiger partial charge is 0.422 e. The van der Waals surface area contributed by atoms with Gasteiger partial charge in [0.25, 0.3) is 5.91 Å². The number of hydrogen-bond donors (Lipinski definition) is 1. The zero-order chi connectivity index (χ0) is 20.3. The number of nitrogens with zero attached hydrogens (tertiary/aromatic N) is 2. The Morgan fingerprint density at radius 3 is 2.79 bits per heavy atom. The summed E-state index contributed by atoms with van der Waals surface area (Å²) in [7, 11) is 0. The third-order valence-corrected chi connectivity index (χ3v) is 4.06. The van der Waals surface area contributed by atoms with Crippen LogP contribution in [0.3, 0.4) is 0 Å². The Labute approximate surface area is 165 Å². The van der Waals surface area contributed by atoms with Gasteiger partial charge in [-0.1, -0.05) is 15.9 Å². The Balaban J connectivity index is 1.62. The van der Waals surface area contributed by atoms with Crippen LogP contribution in [0.4, 0.5) is 24.5 Å². The van der Waals surface area contributed by atoms with Crippen LogP contribution in [0.15, 0.2) is 41.0 Å². The molecular weight excluding hydrogens is 447 g/mol. The largest absolute Gasteiger partial charge is 0.482 e. The third-order valence-electron chi connectivity index (χ3n) is 3.57. The summed E-state index contributed by atoms with van der Waals surface area (Å²) in [6.45, 7) is -1.91. The highest BCUT2D eigenvalue weighted by Gasteiger charge is 2.29. The van der Waals surface area contributed by atoms with Gasteiger partial charge in [-0.2, -0.15) is 13.2 Å². The van der Waals surface area contributed by atoms with E-state index in [4.69, 9.17) is 4.74 Å². The molecule has 3 rings (SSSR count). The highest BCUT2D eigenvalue weighted by atomic mass is 79.9. The number of alkyl halides is 3. The number of amides is 2. The van der Waals surface area contributed by atoms with Gasteiger partial charge in [-0.3, -0.25) is 14.5 Å². The van der Waals surface area contributed by atoms with Crippen LogP contribution in [-0.4, -0.2) is 42.7 Å². The maximum Gasteiger partial charge on any atom is 0.422 e. The first-order valence-corrected chi connectivity index (χ1v) is 8.69. The van der Waals surface area contributed by atoms with Gasteiger partial charge in [0.05, 0.1) is 17.6 Å². The number of benzene rings is 1. The standard InChI is InChI=1S/C17H13BrF3N3O4/c18-10-1-3-12-13(5-10)27-8-16(26)24(12)7-14(25)23-11-2-4-15(22-6-11)28-9-17(19,20)21/h1-6H,7-9H2,(H,23,25). The van der Waals surface area contributed by atoms with Crippen molar-refractivity contribution in [2.45, 2.75) is 6.18 Å². The van der Waals surface area contributed by atoms with E-state index < -0.39 is 18.7 Å². The minimum atomic E-state index is -4.47. The molecule has 2 amide bonds. The van der Waals surface area contributed by atoms with E-state index in [0.29, 0.717) is 11.4 Å². The zero-order valence-electron chi connectivity index (χ0n) is 14.1. The van der Waals surface area contributed by atoms with Crippen molar-refractivity contribution in [1.29, 1.82) is 0 Å². The number of rotatable bonds is 5. The van der Waals surface area contributed by atoms with Crippen LogP contribution >= 0.6 is 15.9 Å². The summed E-state index contributed by atoms with van der Waals surface area (Å²) in [4.78, 5) is 29.4. The molecule has 2 heterocycles. The monoisotopic (exact) mass is 459 g/mol. The molecule has 7 nitrogen and oxygen atoms in total. The van der Waals surface area contributed by atoms with Gasteiger partial charge >= 0.3 is 6.18 Å². The summed E-state index contributed by atoms with van der Waals surface area (Å²) in [5.41, 5.74) is 0.713. The third kappa shape index (κ3) is 5.12. The Morgan fingerprint density at radius 1 is 1.32 bits per heavy atom. The Hall–Kier alpha value is -2.82. The topological polar surface area (TPSA) is 80.8 Å². The average Bonchev–Trinajstić information content (AvgIpc) is 2.63. The predicted molar refractivity (Wildman–Crippen MR) is 96.4 cm³/mol. The molecule has 0 saturated heterocycles. The van der Waals surface area contributed by atoms with Crippen LogP contribution in [-0.2, 0) is 9.59 Å². The Bertz CT molecular complexity index is 890. The number of carbonyl (C=O) groups is 2. The molecule has 0 saturated carbocycles. The second-order valence-electron chi connectivity index (χ2n) is 5.72. The predicted octanol–water partition coefficient (Wildman–Crippen LogP) is 3.15. The van der Waals surface area contributed by atoms with E-state index >= 15 is 0 Å². The van der Waals surface area contributed by atoms with Crippen LogP contribution in [0.5, 0.6) is 11.6 Å². The van der Waals surface area contributed by atoms with E-state index in [1.54, 1.807) is 18.2 Å². The molecule has 0 radical (unpaired) electrons. The summed E-state index contributed by atoms with van der Waals surface area (Å²) < 4.78 is 47.0. The van der Waals surface area contributed by atoms with Crippen molar-refractivity contribution in [3.8, 4) is 11.6 Å². The first-order chi connectivity index (χ1) is 13.2. The number of fused-ring (bicyclic) bond motifs is 1. The highest BCUT2D eigenvalue weighted by Crippen LogP contribution is 2.34. The first-order valence-electron chi connectivity index (χ1n) is 7.89. The summed E-state index contributed by atoms with van der Waals surface area (Å²) >= 11 is 3.31. The molecule has 28 heavy (non-hydrogen) atoms. The second kappa shape index (κ2) is 8.05. The van der Waals surface area contributed by atoms with Crippen molar-refractivity contribution in [2.75, 3.05) is 30.0 Å². The number of anilines is 2. The number of hydrogen-bond acceptors (Lipinski definition) is 5. The number of carbonyl (C=O) groups excluding carboxylic acids is 2. The molecule has 0 fully saturated rings. The minimum absolute atomic E-state index is 0.191. The van der Waals surface area contributed by atoms with Gasteiger partial charge in [0.2, 0.25) is 11.8 Å². The number of nitrogens with one attached hydrogen (secondary N) is 1. The fourth-order valence-corrected chi connectivity index (χ4v) is 2.73. The van der Waals surface area contributed by atoms with Crippen LogP contribution in [0.25, 0.3) is 0 Å². The quantitative estimate of drug-likeness (QED) is 0.742. The maximum absolute atomic E-state index is 12.3. The molecule has 0 spiro atoms. The van der Waals surface area contributed by atoms with Crippen molar-refractivity contribution < 1.29 is 32.2 Å². The fraction of sp³-hybridized carbons (Fsp3) is 0.235. The van der Waals surface area contributed by atoms with Crippen molar-refractivity contribution in [3.05, 3.63) is 41.0 Å². The van der Waals surface area contributed by atoms with Crippen molar-refractivity contribution in [3.63, 3.8) is 0 Å². The fourth-order valence-electron chi connectivity index (χ4n) is 2.39. The number of ether oxygens (including phenoxy) is 2. The molecule has 2 aromatic rings. The van der Waals surface area contributed by atoms with E-state index in [0.717, 1.165) is 10.7 Å². The van der Waals surface area contributed by atoms with Crippen LogP contribution in [0.1, 0.15) is 0 Å². The molecule has 0 unspecified atom stereocenters.